The second-order valence-corrected chi connectivity index (χ2v) is 4.04. The highest BCUT2D eigenvalue weighted by Gasteiger charge is 2.22. The molecule has 6 heteroatoms. The number of urea groups is 1. The fraction of sp³-hybridized carbons (Fsp3) is 0.267. The minimum absolute atomic E-state index is 0.0915. The molecular formula is C15H19F3N2O. The summed E-state index contributed by atoms with van der Waals surface area (Å²) < 4.78 is 36.3. The maximum atomic E-state index is 12.1. The highest BCUT2D eigenvalue weighted by molar-refractivity contribution is 5.74. The molecule has 0 saturated carbocycles. The first-order valence-electron chi connectivity index (χ1n) is 6.17. The Bertz CT molecular complexity index is 437. The summed E-state index contributed by atoms with van der Waals surface area (Å²) in [6.45, 7) is 10.7. The van der Waals surface area contributed by atoms with Crippen molar-refractivity contribution < 1.29 is 18.0 Å². The molecule has 0 aromatic rings. The molecule has 0 aliphatic rings. The lowest BCUT2D eigenvalue weighted by atomic mass is 10.2. The summed E-state index contributed by atoms with van der Waals surface area (Å²) in [6.07, 6.45) is 2.94. The molecule has 1 atom stereocenters. The Hall–Kier alpha value is -2.24. The van der Waals surface area contributed by atoms with E-state index in [0.717, 1.165) is 11.6 Å². The molecule has 0 aromatic heterocycles. The van der Waals surface area contributed by atoms with Gasteiger partial charge in [-0.25, -0.2) is 4.79 Å². The lowest BCUT2D eigenvalue weighted by molar-refractivity contribution is -0.0801. The molecule has 0 heterocycles. The molecule has 0 saturated heterocycles. The van der Waals surface area contributed by atoms with Crippen molar-refractivity contribution in [2.24, 2.45) is 0 Å². The van der Waals surface area contributed by atoms with Crippen molar-refractivity contribution in [3.63, 3.8) is 0 Å². The average Bonchev–Trinajstić information content (AvgIpc) is 2.40. The lowest BCUT2D eigenvalue weighted by Gasteiger charge is -2.14. The summed E-state index contributed by atoms with van der Waals surface area (Å²) >= 11 is 0. The van der Waals surface area contributed by atoms with E-state index < -0.39 is 18.2 Å². The van der Waals surface area contributed by atoms with Gasteiger partial charge in [0.25, 0.3) is 0 Å². The summed E-state index contributed by atoms with van der Waals surface area (Å²) in [5, 5.41) is 4.93. The largest absolute Gasteiger partial charge is 0.409 e. The van der Waals surface area contributed by atoms with E-state index in [1.54, 1.807) is 18.2 Å². The molecule has 0 spiro atoms. The normalized spacial score (nSPS) is 13.6. The summed E-state index contributed by atoms with van der Waals surface area (Å²) in [5.74, 6) is 0. The average molecular weight is 300 g/mol. The van der Waals surface area contributed by atoms with Crippen LogP contribution in [-0.4, -0.2) is 24.8 Å². The van der Waals surface area contributed by atoms with Crippen molar-refractivity contribution in [3.8, 4) is 0 Å². The fourth-order valence-corrected chi connectivity index (χ4v) is 1.34. The van der Waals surface area contributed by atoms with Gasteiger partial charge in [-0.2, -0.15) is 13.2 Å². The molecule has 0 radical (unpaired) electrons. The van der Waals surface area contributed by atoms with Crippen LogP contribution in [0.5, 0.6) is 0 Å². The number of hydrogen-bond donors (Lipinski definition) is 2. The van der Waals surface area contributed by atoms with Crippen LogP contribution in [0.2, 0.25) is 0 Å². The van der Waals surface area contributed by atoms with E-state index >= 15 is 0 Å². The second kappa shape index (κ2) is 9.63. The summed E-state index contributed by atoms with van der Waals surface area (Å²) in [6, 6.07) is -1.36. The molecule has 0 aromatic carbocycles. The maximum Gasteiger partial charge on any atom is 0.409 e. The monoisotopic (exact) mass is 300 g/mol. The van der Waals surface area contributed by atoms with Crippen LogP contribution in [0.15, 0.2) is 61.8 Å². The van der Waals surface area contributed by atoms with Gasteiger partial charge in [0, 0.05) is 12.6 Å². The lowest BCUT2D eigenvalue weighted by Crippen LogP contribution is -2.41. The van der Waals surface area contributed by atoms with Crippen LogP contribution in [-0.2, 0) is 0 Å². The molecule has 0 fully saturated rings. The minimum Gasteiger partial charge on any atom is -0.334 e. The van der Waals surface area contributed by atoms with Gasteiger partial charge in [0.15, 0.2) is 0 Å². The van der Waals surface area contributed by atoms with Gasteiger partial charge in [0.2, 0.25) is 0 Å². The molecular weight excluding hydrogens is 281 g/mol. The van der Waals surface area contributed by atoms with Crippen molar-refractivity contribution in [2.45, 2.75) is 18.6 Å². The summed E-state index contributed by atoms with van der Waals surface area (Å²) in [5.41, 5.74) is 0.728. The van der Waals surface area contributed by atoms with Gasteiger partial charge in [-0.3, -0.25) is 0 Å². The number of carbonyl (C=O) groups is 1. The molecule has 21 heavy (non-hydrogen) atoms. The van der Waals surface area contributed by atoms with E-state index in [1.165, 1.54) is 6.08 Å². The Morgan fingerprint density at radius 1 is 1.24 bits per heavy atom. The van der Waals surface area contributed by atoms with Crippen LogP contribution in [0.4, 0.5) is 18.0 Å². The maximum absolute atomic E-state index is 12.1. The Balaban J connectivity index is 4.51. The Morgan fingerprint density at radius 2 is 1.90 bits per heavy atom. The molecule has 1 unspecified atom stereocenters. The number of rotatable bonds is 8. The first kappa shape index (κ1) is 18.8. The van der Waals surface area contributed by atoms with E-state index in [4.69, 9.17) is 0 Å². The van der Waals surface area contributed by atoms with Crippen LogP contribution in [0.25, 0.3) is 0 Å². The van der Waals surface area contributed by atoms with Crippen LogP contribution in [0.3, 0.4) is 0 Å². The third-order valence-electron chi connectivity index (χ3n) is 2.30. The predicted molar refractivity (Wildman–Crippen MR) is 78.8 cm³/mol. The highest BCUT2D eigenvalue weighted by Crippen LogP contribution is 2.16. The highest BCUT2D eigenvalue weighted by atomic mass is 19.4. The van der Waals surface area contributed by atoms with Gasteiger partial charge >= 0.3 is 12.2 Å². The number of amides is 2. The molecule has 0 rings (SSSR count). The third-order valence-corrected chi connectivity index (χ3v) is 2.30. The van der Waals surface area contributed by atoms with Crippen molar-refractivity contribution in [2.75, 3.05) is 6.54 Å². The third kappa shape index (κ3) is 10.2. The van der Waals surface area contributed by atoms with Crippen LogP contribution in [0, 0.1) is 0 Å². The SMILES string of the molecule is C=C/C=C(\C=C)CNC(=O)NC(/C=C/C(F)(F)F)CC=C. The Labute approximate surface area is 122 Å². The predicted octanol–water partition coefficient (Wildman–Crippen LogP) is 3.65. The molecule has 2 amide bonds. The van der Waals surface area contributed by atoms with Gasteiger partial charge < -0.3 is 10.6 Å². The Kier molecular flexibility index (Phi) is 8.60. The van der Waals surface area contributed by atoms with Crippen LogP contribution >= 0.6 is 0 Å². The van der Waals surface area contributed by atoms with Crippen LogP contribution < -0.4 is 10.6 Å². The number of nitrogens with one attached hydrogen (secondary N) is 2. The number of hydrogen-bond acceptors (Lipinski definition) is 1. The van der Waals surface area contributed by atoms with Crippen molar-refractivity contribution in [1.29, 1.82) is 0 Å². The van der Waals surface area contributed by atoms with Crippen molar-refractivity contribution in [1.82, 2.24) is 10.6 Å². The molecule has 0 aliphatic heterocycles. The zero-order valence-electron chi connectivity index (χ0n) is 11.6. The number of alkyl halides is 3. The van der Waals surface area contributed by atoms with E-state index in [0.29, 0.717) is 0 Å². The van der Waals surface area contributed by atoms with Gasteiger partial charge in [-0.15, -0.1) is 6.58 Å². The molecule has 2 N–H and O–H groups in total. The minimum atomic E-state index is -4.42. The summed E-state index contributed by atoms with van der Waals surface area (Å²) in [4.78, 5) is 11.6. The summed E-state index contributed by atoms with van der Waals surface area (Å²) in [7, 11) is 0. The zero-order chi connectivity index (χ0) is 16.3. The van der Waals surface area contributed by atoms with Gasteiger partial charge in [-0.1, -0.05) is 43.5 Å². The topological polar surface area (TPSA) is 41.1 Å². The van der Waals surface area contributed by atoms with Gasteiger partial charge in [0.05, 0.1) is 6.04 Å². The molecule has 0 aliphatic carbocycles. The molecule has 116 valence electrons. The molecule has 3 nitrogen and oxygen atoms in total. The van der Waals surface area contributed by atoms with Gasteiger partial charge in [-0.05, 0) is 12.0 Å². The van der Waals surface area contributed by atoms with Gasteiger partial charge in [0.1, 0.15) is 0 Å². The van der Waals surface area contributed by atoms with E-state index in [9.17, 15) is 18.0 Å². The van der Waals surface area contributed by atoms with E-state index in [-0.39, 0.29) is 19.0 Å². The fourth-order valence-electron chi connectivity index (χ4n) is 1.34. The quantitative estimate of drug-likeness (QED) is 0.521. The van der Waals surface area contributed by atoms with Crippen molar-refractivity contribution in [3.05, 3.63) is 61.8 Å². The standard InChI is InChI=1S/C15H19F3N2O/c1-4-7-12(6-3)11-19-14(21)20-13(8-5-2)9-10-15(16,17)18/h4-7,9-10,13H,1-3,8,11H2,(H2,19,20,21)/b10-9+,12-7+. The molecule has 0 bridgehead atoms. The first-order chi connectivity index (χ1) is 9.82. The number of carbonyl (C=O) groups excluding carboxylic acids is 1. The Morgan fingerprint density at radius 3 is 2.38 bits per heavy atom. The van der Waals surface area contributed by atoms with E-state index in [1.807, 2.05) is 0 Å². The smallest absolute Gasteiger partial charge is 0.334 e. The first-order valence-corrected chi connectivity index (χ1v) is 6.17. The van der Waals surface area contributed by atoms with E-state index in [2.05, 4.69) is 30.4 Å². The second-order valence-electron chi connectivity index (χ2n) is 4.04. The number of allylic oxidation sites excluding steroid dienone is 3. The number of halogens is 3. The van der Waals surface area contributed by atoms with Crippen LogP contribution in [0.1, 0.15) is 6.42 Å². The zero-order valence-corrected chi connectivity index (χ0v) is 11.6. The van der Waals surface area contributed by atoms with Crippen molar-refractivity contribution >= 4 is 6.03 Å².